The second kappa shape index (κ2) is 10.3. The number of alkyl halides is 6. The van der Waals surface area contributed by atoms with Gasteiger partial charge in [-0.15, -0.1) is 13.2 Å². The van der Waals surface area contributed by atoms with Crippen LogP contribution in [0.1, 0.15) is 16.3 Å². The summed E-state index contributed by atoms with van der Waals surface area (Å²) in [5, 5.41) is 11.0. The molecule has 0 aliphatic rings. The van der Waals surface area contributed by atoms with Crippen molar-refractivity contribution in [3.05, 3.63) is 48.1 Å². The quantitative estimate of drug-likeness (QED) is 0.416. The number of benzene rings is 1. The molecule has 4 N–H and O–H groups in total. The largest absolute Gasteiger partial charge is 0.573 e. The van der Waals surface area contributed by atoms with Gasteiger partial charge in [0.1, 0.15) is 11.4 Å². The highest BCUT2D eigenvalue weighted by molar-refractivity contribution is 6.08. The number of aliphatic hydroxyl groups is 1. The van der Waals surface area contributed by atoms with E-state index in [1.807, 2.05) is 5.32 Å². The zero-order valence-electron chi connectivity index (χ0n) is 16.8. The lowest BCUT2D eigenvalue weighted by atomic mass is 10.1. The molecule has 1 heterocycles. The Morgan fingerprint density at radius 1 is 1.21 bits per heavy atom. The Hall–Kier alpha value is -3.68. The smallest absolute Gasteiger partial charge is 0.406 e. The Labute approximate surface area is 182 Å². The highest BCUT2D eigenvalue weighted by atomic mass is 19.4. The molecule has 0 saturated heterocycles. The van der Waals surface area contributed by atoms with Gasteiger partial charge in [0.15, 0.2) is 11.9 Å². The number of aliphatic hydroxyl groups excluding tert-OH is 1. The first-order valence-electron chi connectivity index (χ1n) is 8.96. The molecule has 2 rings (SSSR count). The minimum Gasteiger partial charge on any atom is -0.406 e. The number of allylic oxidation sites excluding steroid dienone is 1. The lowest BCUT2D eigenvalue weighted by molar-refractivity contribution is -0.274. The second-order valence-electron chi connectivity index (χ2n) is 6.31. The van der Waals surface area contributed by atoms with Gasteiger partial charge in [0.25, 0.3) is 5.91 Å². The fourth-order valence-electron chi connectivity index (χ4n) is 2.38. The second-order valence-corrected chi connectivity index (χ2v) is 6.31. The number of nitrogens with one attached hydrogen (secondary N) is 1. The molecule has 1 amide bonds. The summed E-state index contributed by atoms with van der Waals surface area (Å²) >= 11 is 0. The van der Waals surface area contributed by atoms with Crippen LogP contribution in [0.15, 0.2) is 41.5 Å². The van der Waals surface area contributed by atoms with Crippen LogP contribution in [0.5, 0.6) is 5.75 Å². The summed E-state index contributed by atoms with van der Waals surface area (Å²) in [7, 11) is 1.42. The van der Waals surface area contributed by atoms with Gasteiger partial charge in [-0.2, -0.15) is 13.2 Å². The van der Waals surface area contributed by atoms with E-state index in [4.69, 9.17) is 10.8 Å². The number of rotatable bonds is 7. The summed E-state index contributed by atoms with van der Waals surface area (Å²) in [4.78, 5) is 24.3. The fourth-order valence-corrected chi connectivity index (χ4v) is 2.38. The van der Waals surface area contributed by atoms with Crippen LogP contribution in [0, 0.1) is 0 Å². The number of nitrogens with two attached hydrogens (primary N) is 1. The van der Waals surface area contributed by atoms with E-state index >= 15 is 0 Å². The van der Waals surface area contributed by atoms with Crippen LogP contribution in [0.4, 0.5) is 26.3 Å². The fraction of sp³-hybridized carbons (Fsp3) is 0.263. The molecule has 0 aliphatic heterocycles. The molecule has 0 fully saturated rings. The third-order valence-corrected chi connectivity index (χ3v) is 3.88. The maximum atomic E-state index is 12.5. The van der Waals surface area contributed by atoms with Crippen LogP contribution >= 0.6 is 0 Å². The van der Waals surface area contributed by atoms with Gasteiger partial charge in [-0.25, -0.2) is 9.97 Å². The molecule has 0 saturated carbocycles. The Morgan fingerprint density at radius 3 is 2.36 bits per heavy atom. The Balaban J connectivity index is 2.43. The number of aromatic nitrogens is 2. The minimum absolute atomic E-state index is 0.0453. The predicted octanol–water partition coefficient (Wildman–Crippen LogP) is 2.70. The third kappa shape index (κ3) is 7.45. The molecule has 1 aromatic heterocycles. The van der Waals surface area contributed by atoms with E-state index in [0.29, 0.717) is 0 Å². The van der Waals surface area contributed by atoms with Crippen LogP contribution < -0.4 is 15.8 Å². The number of carbonyl (C=O) groups excluding carboxylic acids is 1. The lowest BCUT2D eigenvalue weighted by Crippen LogP contribution is -2.41. The van der Waals surface area contributed by atoms with Gasteiger partial charge in [-0.05, 0) is 30.3 Å². The van der Waals surface area contributed by atoms with Gasteiger partial charge >= 0.3 is 12.5 Å². The van der Waals surface area contributed by atoms with E-state index in [2.05, 4.69) is 19.7 Å². The number of hydrogen-bond acceptors (Lipinski definition) is 7. The molecule has 1 aromatic carbocycles. The first-order valence-corrected chi connectivity index (χ1v) is 8.96. The van der Waals surface area contributed by atoms with E-state index < -0.39 is 36.8 Å². The summed E-state index contributed by atoms with van der Waals surface area (Å²) < 4.78 is 78.3. The van der Waals surface area contributed by atoms with E-state index in [-0.39, 0.29) is 28.3 Å². The van der Waals surface area contributed by atoms with Crippen molar-refractivity contribution in [3.63, 3.8) is 0 Å². The topological polar surface area (TPSA) is 123 Å². The van der Waals surface area contributed by atoms with Gasteiger partial charge in [-0.3, -0.25) is 9.79 Å². The highest BCUT2D eigenvalue weighted by Crippen LogP contribution is 2.27. The molecule has 0 unspecified atom stereocenters. The van der Waals surface area contributed by atoms with Gasteiger partial charge in [-0.1, -0.05) is 0 Å². The first-order chi connectivity index (χ1) is 15.3. The monoisotopic (exact) mass is 477 g/mol. The summed E-state index contributed by atoms with van der Waals surface area (Å²) in [6, 6.07) is 5.58. The Kier molecular flexibility index (Phi) is 7.98. The minimum atomic E-state index is -4.94. The number of carbonyl (C=O) groups is 1. The van der Waals surface area contributed by atoms with Gasteiger partial charge in [0, 0.05) is 25.0 Å². The van der Waals surface area contributed by atoms with Crippen molar-refractivity contribution in [1.29, 1.82) is 0 Å². The molecule has 0 bridgehead atoms. The number of ether oxygens (including phenoxy) is 1. The van der Waals surface area contributed by atoms with Crippen LogP contribution in [-0.4, -0.2) is 59.4 Å². The Morgan fingerprint density at radius 2 is 1.85 bits per heavy atom. The van der Waals surface area contributed by atoms with Crippen molar-refractivity contribution < 1.29 is 41.0 Å². The SMILES string of the molecule is CN=CC(=CN)c1nc(C(=O)NC[C@H](O)C(F)(F)F)cc(-c2ccc(OC(F)(F)F)cc2)n1. The number of hydrogen-bond donors (Lipinski definition) is 3. The van der Waals surface area contributed by atoms with Gasteiger partial charge in [0.2, 0.25) is 0 Å². The van der Waals surface area contributed by atoms with Crippen molar-refractivity contribution in [2.24, 2.45) is 10.7 Å². The number of halogens is 6. The van der Waals surface area contributed by atoms with Gasteiger partial charge < -0.3 is 20.9 Å². The molecule has 0 aliphatic carbocycles. The molecule has 14 heteroatoms. The van der Waals surface area contributed by atoms with Gasteiger partial charge in [0.05, 0.1) is 17.8 Å². The van der Waals surface area contributed by atoms with Crippen LogP contribution in [0.2, 0.25) is 0 Å². The van der Waals surface area contributed by atoms with E-state index in [1.165, 1.54) is 25.4 Å². The lowest BCUT2D eigenvalue weighted by Gasteiger charge is -2.15. The number of aliphatic imine (C=N–C) groups is 1. The van der Waals surface area contributed by atoms with Crippen LogP contribution in [0.3, 0.4) is 0 Å². The van der Waals surface area contributed by atoms with Crippen molar-refractivity contribution >= 4 is 17.7 Å². The zero-order chi connectivity index (χ0) is 24.8. The average molecular weight is 477 g/mol. The Bertz CT molecular complexity index is 1040. The van der Waals surface area contributed by atoms with E-state index in [0.717, 1.165) is 24.4 Å². The van der Waals surface area contributed by atoms with Crippen molar-refractivity contribution in [1.82, 2.24) is 15.3 Å². The molecule has 0 spiro atoms. The molecule has 33 heavy (non-hydrogen) atoms. The maximum absolute atomic E-state index is 12.5. The van der Waals surface area contributed by atoms with Crippen LogP contribution in [-0.2, 0) is 0 Å². The first kappa shape index (κ1) is 25.6. The predicted molar refractivity (Wildman–Crippen MR) is 105 cm³/mol. The molecular formula is C19H17F6N5O3. The number of nitrogens with zero attached hydrogens (tertiary/aromatic N) is 3. The molecule has 178 valence electrons. The zero-order valence-corrected chi connectivity index (χ0v) is 16.8. The summed E-state index contributed by atoms with van der Waals surface area (Å²) in [6.07, 6.45) is -10.3. The highest BCUT2D eigenvalue weighted by Gasteiger charge is 2.38. The molecule has 8 nitrogen and oxygen atoms in total. The van der Waals surface area contributed by atoms with Crippen LogP contribution in [0.25, 0.3) is 16.8 Å². The molecule has 0 radical (unpaired) electrons. The maximum Gasteiger partial charge on any atom is 0.573 e. The molecule has 1 atom stereocenters. The van der Waals surface area contributed by atoms with E-state index in [1.54, 1.807) is 0 Å². The third-order valence-electron chi connectivity index (χ3n) is 3.88. The average Bonchev–Trinajstić information content (AvgIpc) is 2.73. The number of amides is 1. The van der Waals surface area contributed by atoms with E-state index in [9.17, 15) is 31.1 Å². The molecule has 2 aromatic rings. The normalized spacial score (nSPS) is 13.8. The van der Waals surface area contributed by atoms with Crippen molar-refractivity contribution in [2.45, 2.75) is 18.6 Å². The summed E-state index contributed by atoms with van der Waals surface area (Å²) in [5.74, 6) is -1.69. The molecular weight excluding hydrogens is 460 g/mol. The summed E-state index contributed by atoms with van der Waals surface area (Å²) in [6.45, 7) is -1.13. The van der Waals surface area contributed by atoms with Crippen molar-refractivity contribution in [3.8, 4) is 17.0 Å². The standard InChI is InChI=1S/C19H17F6N5O3/c1-27-8-11(7-26)16-29-13(10-2-4-12(5-3-10)33-19(23,24)25)6-14(30-16)17(32)28-9-15(31)18(20,21)22/h2-8,15,31H,9,26H2,1H3,(H,28,32)/t15-/m0/s1. The summed E-state index contributed by atoms with van der Waals surface area (Å²) in [5.41, 5.74) is 5.57. The van der Waals surface area contributed by atoms with Crippen molar-refractivity contribution in [2.75, 3.05) is 13.6 Å².